The van der Waals surface area contributed by atoms with E-state index in [1.54, 1.807) is 0 Å². The molecule has 96 valence electrons. The van der Waals surface area contributed by atoms with Gasteiger partial charge in [0.25, 0.3) is 0 Å². The predicted octanol–water partition coefficient (Wildman–Crippen LogP) is 3.09. The van der Waals surface area contributed by atoms with Gasteiger partial charge < -0.3 is 5.32 Å². The Morgan fingerprint density at radius 1 is 1.35 bits per heavy atom. The standard InChI is InChI=1S/C14H24N2S/c1-11-6-7-16(12(2)8-11)10-14-5-4-13(17-14)9-15-3/h4-5,11-12,15H,6-10H2,1-3H3. The van der Waals surface area contributed by atoms with Crippen LogP contribution in [-0.2, 0) is 13.1 Å². The molecule has 0 radical (unpaired) electrons. The van der Waals surface area contributed by atoms with E-state index in [9.17, 15) is 0 Å². The molecular formula is C14H24N2S. The number of hydrogen-bond donors (Lipinski definition) is 1. The second-order valence-electron chi connectivity index (χ2n) is 5.35. The van der Waals surface area contributed by atoms with Gasteiger partial charge in [-0.1, -0.05) is 6.92 Å². The van der Waals surface area contributed by atoms with Crippen LogP contribution in [0.1, 0.15) is 36.4 Å². The summed E-state index contributed by atoms with van der Waals surface area (Å²) in [6, 6.07) is 5.30. The van der Waals surface area contributed by atoms with Gasteiger partial charge in [-0.25, -0.2) is 0 Å². The zero-order chi connectivity index (χ0) is 12.3. The van der Waals surface area contributed by atoms with Gasteiger partial charge in [0, 0.05) is 28.9 Å². The summed E-state index contributed by atoms with van der Waals surface area (Å²) in [6.07, 6.45) is 2.72. The highest BCUT2D eigenvalue weighted by molar-refractivity contribution is 7.11. The number of rotatable bonds is 4. The molecule has 1 aromatic heterocycles. The highest BCUT2D eigenvalue weighted by Crippen LogP contribution is 2.26. The van der Waals surface area contributed by atoms with E-state index in [1.807, 2.05) is 18.4 Å². The van der Waals surface area contributed by atoms with Crippen molar-refractivity contribution in [1.29, 1.82) is 0 Å². The molecule has 0 amide bonds. The molecule has 2 atom stereocenters. The van der Waals surface area contributed by atoms with Crippen molar-refractivity contribution in [2.45, 2.75) is 45.8 Å². The van der Waals surface area contributed by atoms with Crippen molar-refractivity contribution >= 4 is 11.3 Å². The highest BCUT2D eigenvalue weighted by Gasteiger charge is 2.22. The third kappa shape index (κ3) is 3.54. The van der Waals surface area contributed by atoms with Crippen molar-refractivity contribution in [1.82, 2.24) is 10.2 Å². The van der Waals surface area contributed by atoms with Crippen LogP contribution in [-0.4, -0.2) is 24.5 Å². The lowest BCUT2D eigenvalue weighted by molar-refractivity contribution is 0.123. The topological polar surface area (TPSA) is 15.3 Å². The molecule has 0 aromatic carbocycles. The predicted molar refractivity (Wildman–Crippen MR) is 75.4 cm³/mol. The summed E-state index contributed by atoms with van der Waals surface area (Å²) in [5, 5.41) is 3.21. The maximum atomic E-state index is 3.21. The molecule has 3 heteroatoms. The number of hydrogen-bond acceptors (Lipinski definition) is 3. The summed E-state index contributed by atoms with van der Waals surface area (Å²) in [4.78, 5) is 5.59. The molecule has 2 heterocycles. The zero-order valence-corrected chi connectivity index (χ0v) is 12.0. The molecule has 1 saturated heterocycles. The fourth-order valence-electron chi connectivity index (χ4n) is 2.67. The van der Waals surface area contributed by atoms with Crippen LogP contribution in [0, 0.1) is 5.92 Å². The first kappa shape index (κ1) is 13.1. The SMILES string of the molecule is CNCc1ccc(CN2CCC(C)CC2C)s1. The molecule has 17 heavy (non-hydrogen) atoms. The third-order valence-corrected chi connectivity index (χ3v) is 4.77. The second kappa shape index (κ2) is 5.98. The molecule has 0 saturated carbocycles. The molecule has 1 fully saturated rings. The maximum absolute atomic E-state index is 3.21. The molecular weight excluding hydrogens is 228 g/mol. The Morgan fingerprint density at radius 3 is 2.82 bits per heavy atom. The summed E-state index contributed by atoms with van der Waals surface area (Å²) in [5.74, 6) is 0.907. The summed E-state index contributed by atoms with van der Waals surface area (Å²) in [5.41, 5.74) is 0. The molecule has 1 aliphatic heterocycles. The average molecular weight is 252 g/mol. The number of piperidine rings is 1. The van der Waals surface area contributed by atoms with Gasteiger partial charge in [0.15, 0.2) is 0 Å². The van der Waals surface area contributed by atoms with Crippen LogP contribution >= 0.6 is 11.3 Å². The number of likely N-dealkylation sites (tertiary alicyclic amines) is 1. The van der Waals surface area contributed by atoms with Crippen molar-refractivity contribution < 1.29 is 0 Å². The van der Waals surface area contributed by atoms with Crippen LogP contribution < -0.4 is 5.32 Å². The van der Waals surface area contributed by atoms with E-state index < -0.39 is 0 Å². The number of nitrogens with zero attached hydrogens (tertiary/aromatic N) is 1. The first-order valence-electron chi connectivity index (χ1n) is 6.65. The lowest BCUT2D eigenvalue weighted by atomic mass is 9.93. The van der Waals surface area contributed by atoms with Crippen LogP contribution in [0.25, 0.3) is 0 Å². The molecule has 1 aromatic rings. The molecule has 2 unspecified atom stereocenters. The number of nitrogens with one attached hydrogen (secondary N) is 1. The van der Waals surface area contributed by atoms with E-state index in [0.29, 0.717) is 0 Å². The Hall–Kier alpha value is -0.380. The maximum Gasteiger partial charge on any atom is 0.0330 e. The Labute approximate surface area is 109 Å². The van der Waals surface area contributed by atoms with Crippen LogP contribution in [0.2, 0.25) is 0 Å². The minimum absolute atomic E-state index is 0.744. The quantitative estimate of drug-likeness (QED) is 0.886. The van der Waals surface area contributed by atoms with E-state index in [0.717, 1.165) is 25.0 Å². The molecule has 0 spiro atoms. The number of thiophene rings is 1. The monoisotopic (exact) mass is 252 g/mol. The van der Waals surface area contributed by atoms with Crippen molar-refractivity contribution in [3.05, 3.63) is 21.9 Å². The fraction of sp³-hybridized carbons (Fsp3) is 0.714. The minimum Gasteiger partial charge on any atom is -0.315 e. The van der Waals surface area contributed by atoms with Gasteiger partial charge in [0.05, 0.1) is 0 Å². The van der Waals surface area contributed by atoms with Crippen molar-refractivity contribution in [3.63, 3.8) is 0 Å². The Morgan fingerprint density at radius 2 is 2.12 bits per heavy atom. The highest BCUT2D eigenvalue weighted by atomic mass is 32.1. The van der Waals surface area contributed by atoms with Gasteiger partial charge in [-0.2, -0.15) is 0 Å². The summed E-state index contributed by atoms with van der Waals surface area (Å²) < 4.78 is 0. The normalized spacial score (nSPS) is 26.3. The van der Waals surface area contributed by atoms with Gasteiger partial charge in [-0.15, -0.1) is 11.3 Å². The smallest absolute Gasteiger partial charge is 0.0330 e. The molecule has 2 rings (SSSR count). The van der Waals surface area contributed by atoms with Gasteiger partial charge in [0.2, 0.25) is 0 Å². The molecule has 0 aliphatic carbocycles. The van der Waals surface area contributed by atoms with Crippen LogP contribution in [0.4, 0.5) is 0 Å². The minimum atomic E-state index is 0.744. The van der Waals surface area contributed by atoms with E-state index in [1.165, 1.54) is 29.1 Å². The molecule has 2 nitrogen and oxygen atoms in total. The van der Waals surface area contributed by atoms with Crippen molar-refractivity contribution in [3.8, 4) is 0 Å². The van der Waals surface area contributed by atoms with E-state index in [-0.39, 0.29) is 0 Å². The fourth-order valence-corrected chi connectivity index (χ4v) is 3.72. The third-order valence-electron chi connectivity index (χ3n) is 3.70. The Balaban J connectivity index is 1.91. The Bertz CT molecular complexity index is 348. The van der Waals surface area contributed by atoms with Gasteiger partial charge in [-0.05, 0) is 51.4 Å². The summed E-state index contributed by atoms with van der Waals surface area (Å²) in [6.45, 7) is 8.16. The first-order chi connectivity index (χ1) is 8.19. The van der Waals surface area contributed by atoms with Crippen LogP contribution in [0.5, 0.6) is 0 Å². The van der Waals surface area contributed by atoms with E-state index in [4.69, 9.17) is 0 Å². The van der Waals surface area contributed by atoms with Crippen molar-refractivity contribution in [2.24, 2.45) is 5.92 Å². The average Bonchev–Trinajstić information content (AvgIpc) is 2.71. The lowest BCUT2D eigenvalue weighted by Gasteiger charge is -2.36. The van der Waals surface area contributed by atoms with Gasteiger partial charge in [0.1, 0.15) is 0 Å². The zero-order valence-electron chi connectivity index (χ0n) is 11.2. The lowest BCUT2D eigenvalue weighted by Crippen LogP contribution is -2.39. The largest absolute Gasteiger partial charge is 0.315 e. The second-order valence-corrected chi connectivity index (χ2v) is 6.60. The molecule has 1 aliphatic rings. The van der Waals surface area contributed by atoms with Crippen molar-refractivity contribution in [2.75, 3.05) is 13.6 Å². The Kier molecular flexibility index (Phi) is 4.60. The van der Waals surface area contributed by atoms with Crippen LogP contribution in [0.15, 0.2) is 12.1 Å². The first-order valence-corrected chi connectivity index (χ1v) is 7.47. The van der Waals surface area contributed by atoms with Gasteiger partial charge >= 0.3 is 0 Å². The molecule has 1 N–H and O–H groups in total. The van der Waals surface area contributed by atoms with E-state index in [2.05, 4.69) is 36.2 Å². The van der Waals surface area contributed by atoms with Gasteiger partial charge in [-0.3, -0.25) is 4.90 Å². The summed E-state index contributed by atoms with van der Waals surface area (Å²) in [7, 11) is 2.01. The summed E-state index contributed by atoms with van der Waals surface area (Å²) >= 11 is 1.95. The van der Waals surface area contributed by atoms with Crippen LogP contribution in [0.3, 0.4) is 0 Å². The van der Waals surface area contributed by atoms with E-state index >= 15 is 0 Å². The molecule has 0 bridgehead atoms.